The minimum absolute atomic E-state index is 0.0739. The molecule has 15 heavy (non-hydrogen) atoms. The van der Waals surface area contributed by atoms with Crippen LogP contribution >= 0.6 is 0 Å². The van der Waals surface area contributed by atoms with Gasteiger partial charge >= 0.3 is 0 Å². The molecule has 4 N–H and O–H groups in total. The van der Waals surface area contributed by atoms with Crippen molar-refractivity contribution in [2.24, 2.45) is 5.73 Å². The van der Waals surface area contributed by atoms with Crippen LogP contribution in [0.5, 0.6) is 0 Å². The lowest BCUT2D eigenvalue weighted by molar-refractivity contribution is 0.379. The van der Waals surface area contributed by atoms with E-state index < -0.39 is 0 Å². The fraction of sp³-hybridized carbons (Fsp3) is 0.333. The third-order valence-electron chi connectivity index (χ3n) is 2.87. The van der Waals surface area contributed by atoms with Crippen LogP contribution in [-0.4, -0.2) is 11.1 Å². The largest absolute Gasteiger partial charge is 0.399 e. The summed E-state index contributed by atoms with van der Waals surface area (Å²) < 4.78 is 2.18. The van der Waals surface area contributed by atoms with Crippen molar-refractivity contribution in [3.05, 3.63) is 30.5 Å². The maximum Gasteiger partial charge on any atom is 0.0511 e. The van der Waals surface area contributed by atoms with E-state index in [1.165, 1.54) is 5.39 Å². The lowest BCUT2D eigenvalue weighted by Crippen LogP contribution is -2.34. The number of aromatic nitrogens is 1. The van der Waals surface area contributed by atoms with E-state index in [-0.39, 0.29) is 5.54 Å². The maximum absolute atomic E-state index is 5.79. The van der Waals surface area contributed by atoms with Gasteiger partial charge in [-0.05, 0) is 37.4 Å². The summed E-state index contributed by atoms with van der Waals surface area (Å²) in [5.74, 6) is 0. The van der Waals surface area contributed by atoms with E-state index in [1.807, 2.05) is 18.2 Å². The van der Waals surface area contributed by atoms with Gasteiger partial charge in [-0.3, -0.25) is 0 Å². The smallest absolute Gasteiger partial charge is 0.0511 e. The molecular weight excluding hydrogens is 186 g/mol. The van der Waals surface area contributed by atoms with Crippen LogP contribution in [0.2, 0.25) is 0 Å². The molecule has 0 amide bonds. The number of nitrogens with zero attached hydrogens (tertiary/aromatic N) is 1. The molecule has 0 radical (unpaired) electrons. The van der Waals surface area contributed by atoms with Crippen molar-refractivity contribution in [3.63, 3.8) is 0 Å². The first kappa shape index (κ1) is 10.1. The van der Waals surface area contributed by atoms with E-state index in [9.17, 15) is 0 Å². The highest BCUT2D eigenvalue weighted by Crippen LogP contribution is 2.25. The van der Waals surface area contributed by atoms with Crippen LogP contribution in [0.1, 0.15) is 13.8 Å². The van der Waals surface area contributed by atoms with Crippen molar-refractivity contribution in [3.8, 4) is 0 Å². The molecule has 0 unspecified atom stereocenters. The zero-order chi connectivity index (χ0) is 11.1. The molecule has 2 rings (SSSR count). The number of fused-ring (bicyclic) bond motifs is 1. The molecule has 2 aromatic rings. The normalized spacial score (nSPS) is 12.2. The summed E-state index contributed by atoms with van der Waals surface area (Å²) in [6, 6.07) is 8.04. The van der Waals surface area contributed by atoms with Crippen molar-refractivity contribution >= 4 is 16.6 Å². The van der Waals surface area contributed by atoms with Gasteiger partial charge in [0.2, 0.25) is 0 Å². The molecule has 3 heteroatoms. The fourth-order valence-electron chi connectivity index (χ4n) is 1.77. The van der Waals surface area contributed by atoms with E-state index >= 15 is 0 Å². The number of hydrogen-bond donors (Lipinski definition) is 2. The molecule has 0 atom stereocenters. The Labute approximate surface area is 89.7 Å². The van der Waals surface area contributed by atoms with Crippen molar-refractivity contribution in [1.82, 2.24) is 4.57 Å². The quantitative estimate of drug-likeness (QED) is 0.733. The lowest BCUT2D eigenvalue weighted by Gasteiger charge is -2.26. The van der Waals surface area contributed by atoms with Crippen molar-refractivity contribution < 1.29 is 0 Å². The first-order valence-electron chi connectivity index (χ1n) is 5.12. The second-order valence-electron chi connectivity index (χ2n) is 4.52. The molecule has 0 saturated heterocycles. The minimum Gasteiger partial charge on any atom is -0.399 e. The summed E-state index contributed by atoms with van der Waals surface area (Å²) in [7, 11) is 0. The first-order valence-corrected chi connectivity index (χ1v) is 5.12. The number of benzene rings is 1. The van der Waals surface area contributed by atoms with Gasteiger partial charge in [0, 0.05) is 18.4 Å². The first-order chi connectivity index (χ1) is 7.04. The van der Waals surface area contributed by atoms with Gasteiger partial charge in [-0.25, -0.2) is 0 Å². The average Bonchev–Trinajstić information content (AvgIpc) is 2.61. The van der Waals surface area contributed by atoms with E-state index in [2.05, 4.69) is 30.7 Å². The monoisotopic (exact) mass is 203 g/mol. The maximum atomic E-state index is 5.79. The minimum atomic E-state index is -0.0739. The molecule has 1 aromatic heterocycles. The van der Waals surface area contributed by atoms with Crippen LogP contribution < -0.4 is 11.5 Å². The Balaban J connectivity index is 2.67. The Morgan fingerprint density at radius 3 is 2.67 bits per heavy atom. The molecule has 0 spiro atoms. The fourth-order valence-corrected chi connectivity index (χ4v) is 1.77. The van der Waals surface area contributed by atoms with Gasteiger partial charge in [-0.15, -0.1) is 0 Å². The van der Waals surface area contributed by atoms with Crippen LogP contribution in [0.3, 0.4) is 0 Å². The third-order valence-corrected chi connectivity index (χ3v) is 2.87. The molecule has 0 bridgehead atoms. The Morgan fingerprint density at radius 1 is 1.27 bits per heavy atom. The third kappa shape index (κ3) is 1.59. The van der Waals surface area contributed by atoms with Crippen LogP contribution in [0.25, 0.3) is 10.9 Å². The molecule has 0 fully saturated rings. The number of rotatable bonds is 2. The average molecular weight is 203 g/mol. The Kier molecular flexibility index (Phi) is 2.20. The van der Waals surface area contributed by atoms with E-state index in [1.54, 1.807) is 0 Å². The van der Waals surface area contributed by atoms with Crippen LogP contribution in [0.15, 0.2) is 30.5 Å². The summed E-state index contributed by atoms with van der Waals surface area (Å²) >= 11 is 0. The molecule has 0 aliphatic carbocycles. The van der Waals surface area contributed by atoms with Gasteiger partial charge in [0.15, 0.2) is 0 Å². The predicted molar refractivity (Wildman–Crippen MR) is 64.7 cm³/mol. The van der Waals surface area contributed by atoms with E-state index in [0.29, 0.717) is 6.54 Å². The summed E-state index contributed by atoms with van der Waals surface area (Å²) in [4.78, 5) is 0. The van der Waals surface area contributed by atoms with Crippen LogP contribution in [0, 0.1) is 0 Å². The lowest BCUT2D eigenvalue weighted by atomic mass is 10.1. The standard InChI is InChI=1S/C12H17N3/c1-12(2,8-13)15-6-5-9-3-4-10(14)7-11(9)15/h3-7H,8,13-14H2,1-2H3. The summed E-state index contributed by atoms with van der Waals surface area (Å²) in [6.45, 7) is 4.84. The Hall–Kier alpha value is -1.48. The summed E-state index contributed by atoms with van der Waals surface area (Å²) in [5.41, 5.74) is 13.4. The van der Waals surface area contributed by atoms with Crippen molar-refractivity contribution in [2.75, 3.05) is 12.3 Å². The highest BCUT2D eigenvalue weighted by atomic mass is 15.1. The Morgan fingerprint density at radius 2 is 2.00 bits per heavy atom. The molecule has 1 heterocycles. The predicted octanol–water partition coefficient (Wildman–Crippen LogP) is 1.92. The highest BCUT2D eigenvalue weighted by Gasteiger charge is 2.19. The number of hydrogen-bond acceptors (Lipinski definition) is 2. The molecule has 80 valence electrons. The van der Waals surface area contributed by atoms with Gasteiger partial charge < -0.3 is 16.0 Å². The molecule has 0 aliphatic rings. The van der Waals surface area contributed by atoms with E-state index in [0.717, 1.165) is 11.2 Å². The molecule has 1 aromatic carbocycles. The summed E-state index contributed by atoms with van der Waals surface area (Å²) in [5, 5.41) is 1.20. The van der Waals surface area contributed by atoms with Crippen molar-refractivity contribution in [2.45, 2.75) is 19.4 Å². The second kappa shape index (κ2) is 3.28. The van der Waals surface area contributed by atoms with Crippen LogP contribution in [0.4, 0.5) is 5.69 Å². The highest BCUT2D eigenvalue weighted by molar-refractivity contribution is 5.83. The zero-order valence-electron chi connectivity index (χ0n) is 9.20. The Bertz CT molecular complexity index is 483. The second-order valence-corrected chi connectivity index (χ2v) is 4.52. The summed E-state index contributed by atoms with van der Waals surface area (Å²) in [6.07, 6.45) is 2.07. The van der Waals surface area contributed by atoms with Crippen LogP contribution in [-0.2, 0) is 5.54 Å². The number of nitrogens with two attached hydrogens (primary N) is 2. The van der Waals surface area contributed by atoms with Gasteiger partial charge in [-0.1, -0.05) is 6.07 Å². The van der Waals surface area contributed by atoms with E-state index in [4.69, 9.17) is 11.5 Å². The van der Waals surface area contributed by atoms with Gasteiger partial charge in [0.05, 0.1) is 11.1 Å². The van der Waals surface area contributed by atoms with Gasteiger partial charge in [0.1, 0.15) is 0 Å². The van der Waals surface area contributed by atoms with Gasteiger partial charge in [0.25, 0.3) is 0 Å². The number of nitrogen functional groups attached to an aromatic ring is 1. The molecular formula is C12H17N3. The molecule has 3 nitrogen and oxygen atoms in total. The topological polar surface area (TPSA) is 57.0 Å². The number of anilines is 1. The molecule has 0 aliphatic heterocycles. The molecule has 0 saturated carbocycles. The van der Waals surface area contributed by atoms with Gasteiger partial charge in [-0.2, -0.15) is 0 Å². The van der Waals surface area contributed by atoms with Crippen molar-refractivity contribution in [1.29, 1.82) is 0 Å². The SMILES string of the molecule is CC(C)(CN)n1ccc2ccc(N)cc21. The zero-order valence-corrected chi connectivity index (χ0v) is 9.20.